The van der Waals surface area contributed by atoms with Crippen LogP contribution in [-0.4, -0.2) is 27.7 Å². The van der Waals surface area contributed by atoms with E-state index in [0.29, 0.717) is 29.7 Å². The molecule has 0 aliphatic carbocycles. The molecule has 1 aromatic heterocycles. The van der Waals surface area contributed by atoms with Crippen molar-refractivity contribution in [3.05, 3.63) is 101 Å². The Morgan fingerprint density at radius 1 is 0.971 bits per heavy atom. The van der Waals surface area contributed by atoms with Gasteiger partial charge in [0.15, 0.2) is 0 Å². The maximum absolute atomic E-state index is 12.6. The topological polar surface area (TPSA) is 56.6 Å². The van der Waals surface area contributed by atoms with Crippen molar-refractivity contribution in [3.63, 3.8) is 0 Å². The molecule has 0 bridgehead atoms. The Balaban J connectivity index is 1.74. The van der Waals surface area contributed by atoms with Crippen LogP contribution in [-0.2, 0) is 17.9 Å². The molecular weight excluding hydrogens is 450 g/mol. The number of aryl methyl sites for hydroxylation is 1. The van der Waals surface area contributed by atoms with Crippen molar-refractivity contribution < 1.29 is 14.3 Å². The molecule has 0 fully saturated rings. The second kappa shape index (κ2) is 10.4. The highest BCUT2D eigenvalue weighted by molar-refractivity contribution is 6.30. The monoisotopic (exact) mass is 475 g/mol. The molecule has 0 aliphatic heterocycles. The number of aromatic nitrogens is 2. The van der Waals surface area contributed by atoms with Crippen molar-refractivity contribution in [2.75, 3.05) is 7.11 Å². The predicted octanol–water partition coefficient (Wildman–Crippen LogP) is 6.18. The van der Waals surface area contributed by atoms with Crippen molar-refractivity contribution in [2.24, 2.45) is 0 Å². The summed E-state index contributed by atoms with van der Waals surface area (Å²) in [6.07, 6.45) is 0. The fourth-order valence-corrected chi connectivity index (χ4v) is 3.82. The number of carbonyl (C=O) groups is 1. The van der Waals surface area contributed by atoms with E-state index >= 15 is 0 Å². The fraction of sp³-hybridized carbons (Fsp3) is 0.185. The Hall–Kier alpha value is -3.77. The summed E-state index contributed by atoms with van der Waals surface area (Å²) in [5.74, 6) is 1.86. The number of carbonyl (C=O) groups excluding carboxylic acids is 1. The Morgan fingerprint density at radius 3 is 2.32 bits per heavy atom. The van der Waals surface area contributed by atoms with E-state index in [1.807, 2.05) is 85.8 Å². The van der Waals surface area contributed by atoms with Crippen molar-refractivity contribution in [2.45, 2.75) is 26.9 Å². The SMILES string of the molecule is COc1ccc(Oc2c(CN(Cc3ccccc3)C(C)=O)c(C)nn2-c2cccc(Cl)c2)cc1. The van der Waals surface area contributed by atoms with E-state index in [1.54, 1.807) is 23.6 Å². The number of amides is 1. The second-order valence-electron chi connectivity index (χ2n) is 7.90. The van der Waals surface area contributed by atoms with Crippen molar-refractivity contribution in [3.8, 4) is 23.1 Å². The molecular formula is C27H26ClN3O3. The second-order valence-corrected chi connectivity index (χ2v) is 8.34. The maximum Gasteiger partial charge on any atom is 0.227 e. The van der Waals surface area contributed by atoms with Gasteiger partial charge in [-0.1, -0.05) is 48.0 Å². The Kier molecular flexibility index (Phi) is 7.18. The normalized spacial score (nSPS) is 10.7. The molecule has 0 aliphatic rings. The van der Waals surface area contributed by atoms with Gasteiger partial charge in [0.2, 0.25) is 11.8 Å². The minimum Gasteiger partial charge on any atom is -0.497 e. The largest absolute Gasteiger partial charge is 0.497 e. The predicted molar refractivity (Wildman–Crippen MR) is 133 cm³/mol. The lowest BCUT2D eigenvalue weighted by Crippen LogP contribution is -2.28. The number of ether oxygens (including phenoxy) is 2. The van der Waals surface area contributed by atoms with Crippen molar-refractivity contribution >= 4 is 17.5 Å². The van der Waals surface area contributed by atoms with E-state index in [9.17, 15) is 4.79 Å². The van der Waals surface area contributed by atoms with Gasteiger partial charge in [0.1, 0.15) is 11.5 Å². The van der Waals surface area contributed by atoms with Crippen LogP contribution in [0.5, 0.6) is 17.4 Å². The number of rotatable bonds is 8. The summed E-state index contributed by atoms with van der Waals surface area (Å²) in [7, 11) is 1.62. The van der Waals surface area contributed by atoms with Gasteiger partial charge in [-0.3, -0.25) is 4.79 Å². The van der Waals surface area contributed by atoms with Crippen LogP contribution < -0.4 is 9.47 Å². The van der Waals surface area contributed by atoms with Crippen molar-refractivity contribution in [1.29, 1.82) is 0 Å². The molecule has 4 aromatic rings. The van der Waals surface area contributed by atoms with Gasteiger partial charge in [-0.15, -0.1) is 0 Å². The first kappa shape index (κ1) is 23.4. The van der Waals surface area contributed by atoms with Crippen LogP contribution in [0.15, 0.2) is 78.9 Å². The van der Waals surface area contributed by atoms with E-state index in [1.165, 1.54) is 0 Å². The van der Waals surface area contributed by atoms with Gasteiger partial charge in [-0.25, -0.2) is 4.68 Å². The van der Waals surface area contributed by atoms with Gasteiger partial charge in [0.05, 0.1) is 30.6 Å². The highest BCUT2D eigenvalue weighted by atomic mass is 35.5. The first-order valence-electron chi connectivity index (χ1n) is 10.9. The molecule has 0 radical (unpaired) electrons. The first-order chi connectivity index (χ1) is 16.4. The van der Waals surface area contributed by atoms with Gasteiger partial charge in [-0.05, 0) is 55.0 Å². The molecule has 6 nitrogen and oxygen atoms in total. The molecule has 0 N–H and O–H groups in total. The lowest BCUT2D eigenvalue weighted by molar-refractivity contribution is -0.130. The van der Waals surface area contributed by atoms with Crippen molar-refractivity contribution in [1.82, 2.24) is 14.7 Å². The van der Waals surface area contributed by atoms with Crippen LogP contribution in [0.25, 0.3) is 5.69 Å². The Labute approximate surface area is 204 Å². The average molecular weight is 476 g/mol. The molecule has 34 heavy (non-hydrogen) atoms. The van der Waals surface area contributed by atoms with Gasteiger partial charge < -0.3 is 14.4 Å². The minimum absolute atomic E-state index is 0.0332. The van der Waals surface area contributed by atoms with Gasteiger partial charge in [0, 0.05) is 18.5 Å². The van der Waals surface area contributed by atoms with Crippen LogP contribution in [0.2, 0.25) is 5.02 Å². The van der Waals surface area contributed by atoms with Gasteiger partial charge >= 0.3 is 0 Å². The summed E-state index contributed by atoms with van der Waals surface area (Å²) in [6, 6.07) is 24.6. The number of hydrogen-bond donors (Lipinski definition) is 0. The third kappa shape index (κ3) is 5.41. The van der Waals surface area contributed by atoms with Crippen LogP contribution in [0.1, 0.15) is 23.7 Å². The quantitative estimate of drug-likeness (QED) is 0.305. The standard InChI is InChI=1S/C27H26ClN3O3/c1-19-26(18-30(20(2)32)17-21-8-5-4-6-9-21)27(34-25-14-12-24(33-3)13-15-25)31(29-19)23-11-7-10-22(28)16-23/h4-16H,17-18H2,1-3H3. The third-order valence-electron chi connectivity index (χ3n) is 5.47. The lowest BCUT2D eigenvalue weighted by atomic mass is 10.2. The van der Waals surface area contributed by atoms with Crippen LogP contribution in [0.3, 0.4) is 0 Å². The number of nitrogens with zero attached hydrogens (tertiary/aromatic N) is 3. The number of methoxy groups -OCH3 is 1. The molecule has 7 heteroatoms. The first-order valence-corrected chi connectivity index (χ1v) is 11.3. The molecule has 1 amide bonds. The zero-order chi connectivity index (χ0) is 24.1. The van der Waals surface area contributed by atoms with Crippen LogP contribution in [0, 0.1) is 6.92 Å². The number of hydrogen-bond acceptors (Lipinski definition) is 4. The summed E-state index contributed by atoms with van der Waals surface area (Å²) < 4.78 is 13.3. The Morgan fingerprint density at radius 2 is 1.68 bits per heavy atom. The molecule has 4 rings (SSSR count). The van der Waals surface area contributed by atoms with Gasteiger partial charge in [-0.2, -0.15) is 5.10 Å². The zero-order valence-corrected chi connectivity index (χ0v) is 20.1. The third-order valence-corrected chi connectivity index (χ3v) is 5.71. The van der Waals surface area contributed by atoms with Crippen LogP contribution in [0.4, 0.5) is 0 Å². The van der Waals surface area contributed by atoms with E-state index < -0.39 is 0 Å². The maximum atomic E-state index is 12.6. The highest BCUT2D eigenvalue weighted by Crippen LogP contribution is 2.33. The average Bonchev–Trinajstić information content (AvgIpc) is 3.14. The molecule has 0 unspecified atom stereocenters. The number of halogens is 1. The fourth-order valence-electron chi connectivity index (χ4n) is 3.64. The van der Waals surface area contributed by atoms with Gasteiger partial charge in [0.25, 0.3) is 0 Å². The molecule has 0 saturated heterocycles. The highest BCUT2D eigenvalue weighted by Gasteiger charge is 2.23. The van der Waals surface area contributed by atoms with E-state index in [4.69, 9.17) is 26.2 Å². The summed E-state index contributed by atoms with van der Waals surface area (Å²) in [5.41, 5.74) is 3.41. The zero-order valence-electron chi connectivity index (χ0n) is 19.4. The molecule has 3 aromatic carbocycles. The summed E-state index contributed by atoms with van der Waals surface area (Å²) in [6.45, 7) is 4.32. The summed E-state index contributed by atoms with van der Waals surface area (Å²) in [4.78, 5) is 14.3. The molecule has 0 spiro atoms. The molecule has 174 valence electrons. The molecule has 1 heterocycles. The summed E-state index contributed by atoms with van der Waals surface area (Å²) >= 11 is 6.25. The lowest BCUT2D eigenvalue weighted by Gasteiger charge is -2.22. The van der Waals surface area contributed by atoms with Crippen LogP contribution >= 0.6 is 11.6 Å². The molecule has 0 saturated carbocycles. The Bertz CT molecular complexity index is 1270. The summed E-state index contributed by atoms with van der Waals surface area (Å²) in [5, 5.41) is 5.34. The van der Waals surface area contributed by atoms with E-state index in [-0.39, 0.29) is 5.91 Å². The molecule has 0 atom stereocenters. The van der Waals surface area contributed by atoms with E-state index in [0.717, 1.165) is 28.3 Å². The van der Waals surface area contributed by atoms with E-state index in [2.05, 4.69) is 0 Å². The minimum atomic E-state index is -0.0332. The number of benzene rings is 3. The smallest absolute Gasteiger partial charge is 0.227 e.